The van der Waals surface area contributed by atoms with Gasteiger partial charge in [-0.15, -0.1) is 11.3 Å². The number of pyridine rings is 1. The van der Waals surface area contributed by atoms with Crippen molar-refractivity contribution in [2.75, 3.05) is 5.73 Å². The largest absolute Gasteiger partial charge is 0.477 e. The average Bonchev–Trinajstić information content (AvgIpc) is 3.04. The highest BCUT2D eigenvalue weighted by atomic mass is 32.1. The number of aromatic nitrogens is 1. The maximum absolute atomic E-state index is 10.9. The summed E-state index contributed by atoms with van der Waals surface area (Å²) in [6.07, 6.45) is 2.37. The molecule has 0 atom stereocenters. The molecule has 0 saturated heterocycles. The lowest BCUT2D eigenvalue weighted by molar-refractivity contribution is 0.0703. The summed E-state index contributed by atoms with van der Waals surface area (Å²) in [5, 5.41) is 9.72. The summed E-state index contributed by atoms with van der Waals surface area (Å²) in [6, 6.07) is 3.84. The fraction of sp³-hybridized carbons (Fsp3) is 0.273. The highest BCUT2D eigenvalue weighted by molar-refractivity contribution is 7.21. The third kappa shape index (κ3) is 1.36. The van der Waals surface area contributed by atoms with Crippen LogP contribution in [0.1, 0.15) is 34.1 Å². The SMILES string of the molecule is Nc1c(C(=O)O)sc2nc(C3CC3)ccc12. The van der Waals surface area contributed by atoms with Gasteiger partial charge < -0.3 is 10.8 Å². The van der Waals surface area contributed by atoms with E-state index in [0.717, 1.165) is 27.2 Å². The molecule has 16 heavy (non-hydrogen) atoms. The lowest BCUT2D eigenvalue weighted by Crippen LogP contribution is -1.96. The minimum Gasteiger partial charge on any atom is -0.477 e. The van der Waals surface area contributed by atoms with E-state index in [1.807, 2.05) is 12.1 Å². The van der Waals surface area contributed by atoms with E-state index in [0.29, 0.717) is 11.6 Å². The Balaban J connectivity index is 2.20. The highest BCUT2D eigenvalue weighted by Gasteiger charge is 2.26. The number of aromatic carboxylic acids is 1. The molecular weight excluding hydrogens is 224 g/mol. The van der Waals surface area contributed by atoms with Crippen molar-refractivity contribution in [2.45, 2.75) is 18.8 Å². The molecule has 0 radical (unpaired) electrons. The number of hydrogen-bond donors (Lipinski definition) is 2. The second-order valence-corrected chi connectivity index (χ2v) is 5.01. The molecule has 1 aliphatic carbocycles. The molecule has 0 unspecified atom stereocenters. The first-order valence-electron chi connectivity index (χ1n) is 5.09. The monoisotopic (exact) mass is 234 g/mol. The van der Waals surface area contributed by atoms with Crippen LogP contribution in [-0.2, 0) is 0 Å². The molecular formula is C11H10N2O2S. The average molecular weight is 234 g/mol. The van der Waals surface area contributed by atoms with Crippen LogP contribution in [0.5, 0.6) is 0 Å². The number of nitrogens with two attached hydrogens (primary N) is 1. The summed E-state index contributed by atoms with van der Waals surface area (Å²) in [7, 11) is 0. The number of rotatable bonds is 2. The van der Waals surface area contributed by atoms with Crippen molar-refractivity contribution in [3.05, 3.63) is 22.7 Å². The number of nitrogens with zero attached hydrogens (tertiary/aromatic N) is 1. The predicted molar refractivity (Wildman–Crippen MR) is 63.0 cm³/mol. The van der Waals surface area contributed by atoms with E-state index >= 15 is 0 Å². The zero-order valence-electron chi connectivity index (χ0n) is 8.43. The number of fused-ring (bicyclic) bond motifs is 1. The van der Waals surface area contributed by atoms with Crippen molar-refractivity contribution in [1.82, 2.24) is 4.98 Å². The number of nitrogen functional groups attached to an aromatic ring is 1. The van der Waals surface area contributed by atoms with Gasteiger partial charge >= 0.3 is 5.97 Å². The first-order valence-corrected chi connectivity index (χ1v) is 5.90. The van der Waals surface area contributed by atoms with Crippen LogP contribution in [0.2, 0.25) is 0 Å². The highest BCUT2D eigenvalue weighted by Crippen LogP contribution is 2.41. The van der Waals surface area contributed by atoms with Gasteiger partial charge in [-0.1, -0.05) is 0 Å². The van der Waals surface area contributed by atoms with Gasteiger partial charge in [-0.2, -0.15) is 0 Å². The van der Waals surface area contributed by atoms with Gasteiger partial charge in [0.25, 0.3) is 0 Å². The van der Waals surface area contributed by atoms with E-state index in [1.165, 1.54) is 12.8 Å². The Morgan fingerprint density at radius 3 is 2.88 bits per heavy atom. The predicted octanol–water partition coefficient (Wildman–Crippen LogP) is 2.45. The summed E-state index contributed by atoms with van der Waals surface area (Å²) in [6.45, 7) is 0. The van der Waals surface area contributed by atoms with Gasteiger partial charge in [0.1, 0.15) is 9.71 Å². The van der Waals surface area contributed by atoms with E-state index in [4.69, 9.17) is 10.8 Å². The summed E-state index contributed by atoms with van der Waals surface area (Å²) < 4.78 is 0. The van der Waals surface area contributed by atoms with E-state index in [-0.39, 0.29) is 4.88 Å². The van der Waals surface area contributed by atoms with Crippen LogP contribution in [0.3, 0.4) is 0 Å². The second kappa shape index (κ2) is 3.18. The van der Waals surface area contributed by atoms with E-state index in [2.05, 4.69) is 4.98 Å². The maximum atomic E-state index is 10.9. The number of carbonyl (C=O) groups is 1. The van der Waals surface area contributed by atoms with Crippen LogP contribution < -0.4 is 5.73 Å². The van der Waals surface area contributed by atoms with Crippen LogP contribution in [0.15, 0.2) is 12.1 Å². The van der Waals surface area contributed by atoms with Gasteiger partial charge in [-0.05, 0) is 25.0 Å². The zero-order chi connectivity index (χ0) is 11.3. The van der Waals surface area contributed by atoms with Crippen molar-refractivity contribution >= 4 is 33.2 Å². The Hall–Kier alpha value is -1.62. The van der Waals surface area contributed by atoms with Gasteiger partial charge in [0.05, 0.1) is 5.69 Å². The minimum atomic E-state index is -0.978. The number of thiophene rings is 1. The quantitative estimate of drug-likeness (QED) is 0.836. The Bertz CT molecular complexity index is 587. The topological polar surface area (TPSA) is 76.2 Å². The molecule has 3 rings (SSSR count). The number of carboxylic acid groups (broad SMARTS) is 1. The zero-order valence-corrected chi connectivity index (χ0v) is 9.25. The molecule has 3 N–H and O–H groups in total. The maximum Gasteiger partial charge on any atom is 0.348 e. The number of anilines is 1. The van der Waals surface area contributed by atoms with E-state index < -0.39 is 5.97 Å². The molecule has 2 heterocycles. The molecule has 1 saturated carbocycles. The van der Waals surface area contributed by atoms with E-state index in [9.17, 15) is 4.79 Å². The molecule has 0 aliphatic heterocycles. The number of hydrogen-bond acceptors (Lipinski definition) is 4. The first-order chi connectivity index (χ1) is 7.66. The van der Waals surface area contributed by atoms with Crippen molar-refractivity contribution in [3.63, 3.8) is 0 Å². The molecule has 1 fully saturated rings. The van der Waals surface area contributed by atoms with Crippen molar-refractivity contribution in [2.24, 2.45) is 0 Å². The van der Waals surface area contributed by atoms with Crippen LogP contribution in [-0.4, -0.2) is 16.1 Å². The summed E-state index contributed by atoms with van der Waals surface area (Å²) in [5.74, 6) is -0.408. The Morgan fingerprint density at radius 1 is 1.50 bits per heavy atom. The van der Waals surface area contributed by atoms with Crippen LogP contribution in [0.25, 0.3) is 10.2 Å². The van der Waals surface area contributed by atoms with E-state index in [1.54, 1.807) is 0 Å². The first kappa shape index (κ1) is 9.59. The molecule has 4 nitrogen and oxygen atoms in total. The van der Waals surface area contributed by atoms with Crippen molar-refractivity contribution in [1.29, 1.82) is 0 Å². The standard InChI is InChI=1S/C11H10N2O2S/c12-8-6-3-4-7(5-1-2-5)13-10(6)16-9(8)11(14)15/h3-5H,1-2,12H2,(H,14,15). The van der Waals surface area contributed by atoms with Gasteiger partial charge in [-0.25, -0.2) is 9.78 Å². The Kier molecular flexibility index (Phi) is 1.91. The fourth-order valence-corrected chi connectivity index (χ4v) is 2.72. The molecule has 0 bridgehead atoms. The summed E-state index contributed by atoms with van der Waals surface area (Å²) in [5.41, 5.74) is 7.17. The minimum absolute atomic E-state index is 0.190. The van der Waals surface area contributed by atoms with Crippen LogP contribution >= 0.6 is 11.3 Å². The van der Waals surface area contributed by atoms with Gasteiger partial charge in [0.15, 0.2) is 0 Å². The molecule has 2 aromatic heterocycles. The summed E-state index contributed by atoms with van der Waals surface area (Å²) in [4.78, 5) is 16.3. The third-order valence-corrected chi connectivity index (χ3v) is 3.91. The fourth-order valence-electron chi connectivity index (χ4n) is 1.78. The second-order valence-electron chi connectivity index (χ2n) is 4.01. The smallest absolute Gasteiger partial charge is 0.348 e. The molecule has 82 valence electrons. The van der Waals surface area contributed by atoms with Crippen LogP contribution in [0.4, 0.5) is 5.69 Å². The van der Waals surface area contributed by atoms with Crippen LogP contribution in [0, 0.1) is 0 Å². The molecule has 2 aromatic rings. The molecule has 0 aromatic carbocycles. The Morgan fingerprint density at radius 2 is 2.25 bits per heavy atom. The van der Waals surface area contributed by atoms with Gasteiger partial charge in [0, 0.05) is 17.0 Å². The van der Waals surface area contributed by atoms with Gasteiger partial charge in [0.2, 0.25) is 0 Å². The van der Waals surface area contributed by atoms with Gasteiger partial charge in [-0.3, -0.25) is 0 Å². The normalized spacial score (nSPS) is 15.5. The molecule has 5 heteroatoms. The van der Waals surface area contributed by atoms with Crippen molar-refractivity contribution in [3.8, 4) is 0 Å². The number of carboxylic acids is 1. The summed E-state index contributed by atoms with van der Waals surface area (Å²) >= 11 is 1.16. The molecule has 0 spiro atoms. The lowest BCUT2D eigenvalue weighted by Gasteiger charge is -1.96. The Labute approximate surface area is 95.7 Å². The molecule has 0 amide bonds. The lowest BCUT2D eigenvalue weighted by atomic mass is 10.2. The molecule has 1 aliphatic rings. The third-order valence-electron chi connectivity index (χ3n) is 2.81. The van der Waals surface area contributed by atoms with Crippen molar-refractivity contribution < 1.29 is 9.90 Å².